The van der Waals surface area contributed by atoms with E-state index in [0.29, 0.717) is 6.10 Å². The summed E-state index contributed by atoms with van der Waals surface area (Å²) in [5.41, 5.74) is 5.25. The Labute approximate surface area is 155 Å². The molecule has 7 aliphatic rings. The van der Waals surface area contributed by atoms with Crippen LogP contribution in [0.25, 0.3) is 5.57 Å². The van der Waals surface area contributed by atoms with E-state index < -0.39 is 0 Å². The van der Waals surface area contributed by atoms with Gasteiger partial charge in [0, 0.05) is 24.0 Å². The molecule has 1 saturated carbocycles. The molecule has 0 aromatic heterocycles. The maximum Gasteiger partial charge on any atom is 0.0722 e. The van der Waals surface area contributed by atoms with Gasteiger partial charge in [0.05, 0.1) is 18.2 Å². The lowest BCUT2D eigenvalue weighted by Crippen LogP contribution is -2.67. The second kappa shape index (κ2) is 4.81. The Kier molecular flexibility index (Phi) is 2.75. The zero-order valence-electron chi connectivity index (χ0n) is 15.4. The number of rotatable bonds is 2. The number of hydrogen-bond acceptors (Lipinski definition) is 3. The van der Waals surface area contributed by atoms with Crippen LogP contribution in [-0.2, 0) is 10.2 Å². The summed E-state index contributed by atoms with van der Waals surface area (Å²) in [6, 6.07) is 10.8. The fourth-order valence-corrected chi connectivity index (χ4v) is 7.88. The van der Waals surface area contributed by atoms with Crippen molar-refractivity contribution in [2.75, 3.05) is 19.7 Å². The van der Waals surface area contributed by atoms with Crippen molar-refractivity contribution >= 4 is 5.57 Å². The fourth-order valence-electron chi connectivity index (χ4n) is 7.88. The lowest BCUT2D eigenvalue weighted by molar-refractivity contribution is -0.0758. The van der Waals surface area contributed by atoms with Crippen LogP contribution in [0.5, 0.6) is 0 Å². The molecule has 6 atom stereocenters. The fraction of sp³-hybridized carbons (Fsp3) is 0.652. The van der Waals surface area contributed by atoms with Crippen molar-refractivity contribution in [1.29, 1.82) is 0 Å². The van der Waals surface area contributed by atoms with Gasteiger partial charge in [0.15, 0.2) is 0 Å². The second-order valence-electron chi connectivity index (χ2n) is 9.80. The highest BCUT2D eigenvalue weighted by atomic mass is 16.5. The molecule has 1 aromatic carbocycles. The first kappa shape index (κ1) is 14.8. The molecule has 3 heterocycles. The Morgan fingerprint density at radius 3 is 2.92 bits per heavy atom. The van der Waals surface area contributed by atoms with Crippen LogP contribution in [0.4, 0.5) is 0 Å². The van der Waals surface area contributed by atoms with Crippen LogP contribution in [0.3, 0.4) is 0 Å². The number of likely N-dealkylation sites (tertiary alicyclic amines) is 1. The minimum absolute atomic E-state index is 0.215. The van der Waals surface area contributed by atoms with E-state index in [9.17, 15) is 0 Å². The minimum Gasteiger partial charge on any atom is -0.375 e. The summed E-state index contributed by atoms with van der Waals surface area (Å²) in [6.45, 7) is 3.36. The molecule has 8 rings (SSSR count). The van der Waals surface area contributed by atoms with Gasteiger partial charge in [0.25, 0.3) is 0 Å². The highest BCUT2D eigenvalue weighted by molar-refractivity contribution is 5.75. The van der Waals surface area contributed by atoms with E-state index in [4.69, 9.17) is 4.74 Å². The summed E-state index contributed by atoms with van der Waals surface area (Å²) in [5, 5.41) is 3.83. The zero-order valence-corrected chi connectivity index (χ0v) is 15.4. The summed E-state index contributed by atoms with van der Waals surface area (Å²) >= 11 is 0. The van der Waals surface area contributed by atoms with Crippen LogP contribution >= 0.6 is 0 Å². The zero-order chi connectivity index (χ0) is 16.9. The summed E-state index contributed by atoms with van der Waals surface area (Å²) in [4.78, 5) is 2.97. The average molecular weight is 348 g/mol. The number of nitrogens with one attached hydrogen (secondary N) is 1. The van der Waals surface area contributed by atoms with Gasteiger partial charge in [-0.3, -0.25) is 4.90 Å². The Morgan fingerprint density at radius 2 is 2.15 bits per heavy atom. The highest BCUT2D eigenvalue weighted by Gasteiger charge is 2.67. The van der Waals surface area contributed by atoms with Crippen molar-refractivity contribution in [3.63, 3.8) is 0 Å². The van der Waals surface area contributed by atoms with E-state index >= 15 is 0 Å². The first-order valence-corrected chi connectivity index (χ1v) is 10.7. The molecule has 3 nitrogen and oxygen atoms in total. The van der Waals surface area contributed by atoms with Gasteiger partial charge in [-0.05, 0) is 67.7 Å². The molecule has 6 bridgehead atoms. The molecule has 3 saturated heterocycles. The first-order chi connectivity index (χ1) is 12.8. The normalized spacial score (nSPS) is 48.2. The summed E-state index contributed by atoms with van der Waals surface area (Å²) in [6.07, 6.45) is 10.9. The molecule has 4 aliphatic carbocycles. The predicted octanol–water partition coefficient (Wildman–Crippen LogP) is 3.10. The minimum atomic E-state index is 0.215. The lowest BCUT2D eigenvalue weighted by Gasteiger charge is -2.59. The first-order valence-electron chi connectivity index (χ1n) is 10.7. The van der Waals surface area contributed by atoms with Crippen LogP contribution in [0.15, 0.2) is 30.3 Å². The molecule has 3 aliphatic heterocycles. The maximum atomic E-state index is 6.35. The number of morpholine rings is 1. The molecule has 4 fully saturated rings. The summed E-state index contributed by atoms with van der Waals surface area (Å²) < 4.78 is 6.35. The van der Waals surface area contributed by atoms with Crippen LogP contribution in [0, 0.1) is 5.92 Å². The largest absolute Gasteiger partial charge is 0.375 e. The molecule has 136 valence electrons. The van der Waals surface area contributed by atoms with E-state index in [1.807, 2.05) is 0 Å². The van der Waals surface area contributed by atoms with E-state index in [-0.39, 0.29) is 11.0 Å². The van der Waals surface area contributed by atoms with Crippen LogP contribution in [-0.4, -0.2) is 48.3 Å². The van der Waals surface area contributed by atoms with Gasteiger partial charge in [0.1, 0.15) is 0 Å². The van der Waals surface area contributed by atoms with Crippen molar-refractivity contribution in [2.24, 2.45) is 5.92 Å². The molecule has 0 amide bonds. The van der Waals surface area contributed by atoms with Gasteiger partial charge >= 0.3 is 0 Å². The second-order valence-corrected chi connectivity index (χ2v) is 9.80. The number of allylic oxidation sites excluding steroid dienone is 2. The third-order valence-corrected chi connectivity index (χ3v) is 8.97. The van der Waals surface area contributed by atoms with Crippen molar-refractivity contribution in [2.45, 2.75) is 67.7 Å². The highest BCUT2D eigenvalue weighted by Crippen LogP contribution is 2.62. The topological polar surface area (TPSA) is 24.5 Å². The molecular weight excluding hydrogens is 320 g/mol. The Bertz CT molecular complexity index is 818. The monoisotopic (exact) mass is 348 g/mol. The quantitative estimate of drug-likeness (QED) is 0.889. The molecule has 1 aromatic rings. The number of piperidine rings is 1. The van der Waals surface area contributed by atoms with E-state index in [1.54, 1.807) is 16.7 Å². The third kappa shape index (κ3) is 1.59. The number of nitrogens with zero attached hydrogens (tertiary/aromatic N) is 1. The Hall–Kier alpha value is -1.16. The van der Waals surface area contributed by atoms with Gasteiger partial charge in [-0.15, -0.1) is 0 Å². The van der Waals surface area contributed by atoms with E-state index in [0.717, 1.165) is 31.2 Å². The molecule has 0 radical (unpaired) electrons. The molecule has 0 spiro atoms. The van der Waals surface area contributed by atoms with Crippen molar-refractivity contribution < 1.29 is 4.74 Å². The van der Waals surface area contributed by atoms with Crippen LogP contribution in [0.1, 0.15) is 49.7 Å². The molecule has 6 unspecified atom stereocenters. The predicted molar refractivity (Wildman–Crippen MR) is 102 cm³/mol. The van der Waals surface area contributed by atoms with E-state index in [2.05, 4.69) is 40.6 Å². The number of fused-ring (bicyclic) bond motifs is 6. The summed E-state index contributed by atoms with van der Waals surface area (Å²) in [7, 11) is 0. The van der Waals surface area contributed by atoms with Crippen molar-refractivity contribution in [3.05, 3.63) is 41.5 Å². The van der Waals surface area contributed by atoms with E-state index in [1.165, 1.54) is 45.1 Å². The van der Waals surface area contributed by atoms with Crippen LogP contribution in [0.2, 0.25) is 0 Å². The molecule has 1 N–H and O–H groups in total. The van der Waals surface area contributed by atoms with Crippen molar-refractivity contribution in [3.8, 4) is 0 Å². The Morgan fingerprint density at radius 1 is 1.19 bits per heavy atom. The average Bonchev–Trinajstić information content (AvgIpc) is 3.49. The summed E-state index contributed by atoms with van der Waals surface area (Å²) in [5.74, 6) is 0.913. The SMILES string of the molecule is C1=C2CCC(C34COC(CN3C3CC5CNC3C5)C4)(C1)c1ccccc12. The smallest absolute Gasteiger partial charge is 0.0722 e. The van der Waals surface area contributed by atoms with Gasteiger partial charge in [-0.1, -0.05) is 30.3 Å². The maximum absolute atomic E-state index is 6.35. The lowest BCUT2D eigenvalue weighted by atomic mass is 9.53. The van der Waals surface area contributed by atoms with Gasteiger partial charge in [-0.25, -0.2) is 0 Å². The van der Waals surface area contributed by atoms with Crippen LogP contribution < -0.4 is 5.32 Å². The standard InChI is InChI=1S/C23H28N2O/c1-2-4-19-18(3-1)16-5-7-22(19,8-6-16)23-11-17(26-14-23)13-25(23)21-10-15-9-20(21)24-12-15/h1-5,15,17,20-21,24H,6-14H2. The third-order valence-electron chi connectivity index (χ3n) is 8.97. The van der Waals surface area contributed by atoms with Gasteiger partial charge in [-0.2, -0.15) is 0 Å². The Balaban J connectivity index is 1.39. The number of benzene rings is 1. The van der Waals surface area contributed by atoms with Gasteiger partial charge < -0.3 is 10.1 Å². The van der Waals surface area contributed by atoms with Crippen molar-refractivity contribution in [1.82, 2.24) is 10.2 Å². The molecular formula is C23H28N2O. The molecule has 26 heavy (non-hydrogen) atoms. The number of hydrogen-bond donors (Lipinski definition) is 1. The number of ether oxygens (including phenoxy) is 1. The van der Waals surface area contributed by atoms with Gasteiger partial charge in [0.2, 0.25) is 0 Å². The molecule has 3 heteroatoms.